The zero-order valence-electron chi connectivity index (χ0n) is 12.3. The summed E-state index contributed by atoms with van der Waals surface area (Å²) in [4.78, 5) is 18.0. The first-order valence-corrected chi connectivity index (χ1v) is 7.30. The number of likely N-dealkylation sites (N-methyl/N-ethyl adjacent to an activating group) is 2. The molecule has 1 atom stereocenters. The van der Waals surface area contributed by atoms with Gasteiger partial charge in [-0.2, -0.15) is 5.10 Å². The summed E-state index contributed by atoms with van der Waals surface area (Å²) in [5.41, 5.74) is 1.03. The van der Waals surface area contributed by atoms with E-state index >= 15 is 0 Å². The molecule has 0 aliphatic rings. The number of thiophene rings is 1. The van der Waals surface area contributed by atoms with Crippen LogP contribution in [0.3, 0.4) is 0 Å². The monoisotopic (exact) mass is 292 g/mol. The normalized spacial score (nSPS) is 12.7. The molecule has 0 aromatic carbocycles. The van der Waals surface area contributed by atoms with Crippen LogP contribution in [0.4, 0.5) is 0 Å². The van der Waals surface area contributed by atoms with Crippen LogP contribution in [0.25, 0.3) is 10.6 Å². The molecule has 2 heterocycles. The predicted molar refractivity (Wildman–Crippen MR) is 81.5 cm³/mol. The number of carbonyl (C=O) groups excluding carboxylic acids is 1. The lowest BCUT2D eigenvalue weighted by Crippen LogP contribution is -2.42. The van der Waals surface area contributed by atoms with Crippen LogP contribution in [0.2, 0.25) is 0 Å². The van der Waals surface area contributed by atoms with E-state index in [0.29, 0.717) is 0 Å². The molecule has 0 saturated carbocycles. The molecule has 0 aliphatic carbocycles. The smallest absolute Gasteiger partial charge is 0.239 e. The van der Waals surface area contributed by atoms with Gasteiger partial charge in [-0.3, -0.25) is 14.8 Å². The largest absolute Gasteiger partial charge is 0.347 e. The van der Waals surface area contributed by atoms with Gasteiger partial charge in [0.05, 0.1) is 16.6 Å². The zero-order valence-corrected chi connectivity index (χ0v) is 13.1. The molecule has 1 amide bonds. The summed E-state index contributed by atoms with van der Waals surface area (Å²) in [7, 11) is 5.55. The Kier molecular flexibility index (Phi) is 4.57. The molecule has 6 heteroatoms. The number of rotatable bonds is 5. The quantitative estimate of drug-likeness (QED) is 0.917. The predicted octanol–water partition coefficient (Wildman–Crippen LogP) is 2.05. The van der Waals surface area contributed by atoms with Gasteiger partial charge in [-0.05, 0) is 32.2 Å². The lowest BCUT2D eigenvalue weighted by atomic mass is 10.2. The first kappa shape index (κ1) is 14.7. The van der Waals surface area contributed by atoms with Crippen LogP contribution < -0.4 is 0 Å². The molecule has 108 valence electrons. The number of amides is 1. The summed E-state index contributed by atoms with van der Waals surface area (Å²) < 4.78 is 0. The second-order valence-electron chi connectivity index (χ2n) is 5.06. The van der Waals surface area contributed by atoms with Gasteiger partial charge in [-0.25, -0.2) is 0 Å². The molecular formula is C14H20N4OS. The molecule has 0 radical (unpaired) electrons. The Balaban J connectivity index is 2.02. The van der Waals surface area contributed by atoms with E-state index in [1.54, 1.807) is 36.5 Å². The van der Waals surface area contributed by atoms with E-state index in [-0.39, 0.29) is 11.9 Å². The summed E-state index contributed by atoms with van der Waals surface area (Å²) in [5.74, 6) is 0.123. The molecule has 0 spiro atoms. The van der Waals surface area contributed by atoms with E-state index < -0.39 is 0 Å². The lowest BCUT2D eigenvalue weighted by Gasteiger charge is -2.25. The maximum absolute atomic E-state index is 11.9. The number of aromatic amines is 1. The van der Waals surface area contributed by atoms with Gasteiger partial charge < -0.3 is 4.90 Å². The molecular weight excluding hydrogens is 272 g/mol. The molecule has 1 N–H and O–H groups in total. The van der Waals surface area contributed by atoms with E-state index in [1.165, 1.54) is 4.88 Å². The highest BCUT2D eigenvalue weighted by atomic mass is 32.1. The summed E-state index contributed by atoms with van der Waals surface area (Å²) in [6.07, 6.45) is 1.75. The van der Waals surface area contributed by atoms with Crippen molar-refractivity contribution in [1.29, 1.82) is 0 Å². The number of hydrogen-bond acceptors (Lipinski definition) is 4. The number of nitrogens with one attached hydrogen (secondary N) is 1. The molecule has 2 rings (SSSR count). The molecule has 0 bridgehead atoms. The Morgan fingerprint density at radius 1 is 1.35 bits per heavy atom. The topological polar surface area (TPSA) is 52.2 Å². The maximum atomic E-state index is 11.9. The SMILES string of the molecule is C[C@H](C(=O)N(C)C)N(C)Cc1ccc(-c2ccn[nH]2)s1. The third-order valence-corrected chi connectivity index (χ3v) is 4.40. The van der Waals surface area contributed by atoms with Crippen molar-refractivity contribution in [2.24, 2.45) is 0 Å². The summed E-state index contributed by atoms with van der Waals surface area (Å²) in [6.45, 7) is 2.70. The molecule has 0 fully saturated rings. The van der Waals surface area contributed by atoms with Crippen LogP contribution in [0.1, 0.15) is 11.8 Å². The number of H-pyrrole nitrogens is 1. The van der Waals surface area contributed by atoms with E-state index in [2.05, 4.69) is 27.2 Å². The van der Waals surface area contributed by atoms with E-state index in [4.69, 9.17) is 0 Å². The standard InChI is InChI=1S/C14H20N4OS/c1-10(14(19)17(2)3)18(4)9-11-5-6-13(20-11)12-7-8-15-16-12/h5-8,10H,9H2,1-4H3,(H,15,16)/t10-/m1/s1. The van der Waals surface area contributed by atoms with Crippen molar-refractivity contribution >= 4 is 17.2 Å². The van der Waals surface area contributed by atoms with Crippen LogP contribution >= 0.6 is 11.3 Å². The van der Waals surface area contributed by atoms with Gasteiger partial charge in [-0.15, -0.1) is 11.3 Å². The fraction of sp³-hybridized carbons (Fsp3) is 0.429. The summed E-state index contributed by atoms with van der Waals surface area (Å²) in [6, 6.07) is 6.02. The third-order valence-electron chi connectivity index (χ3n) is 3.29. The fourth-order valence-corrected chi connectivity index (χ4v) is 2.99. The van der Waals surface area contributed by atoms with Crippen molar-refractivity contribution in [2.75, 3.05) is 21.1 Å². The second-order valence-corrected chi connectivity index (χ2v) is 6.23. The van der Waals surface area contributed by atoms with E-state index in [9.17, 15) is 4.79 Å². The molecule has 0 aliphatic heterocycles. The van der Waals surface area contributed by atoms with E-state index in [0.717, 1.165) is 17.1 Å². The van der Waals surface area contributed by atoms with Crippen LogP contribution in [-0.2, 0) is 11.3 Å². The van der Waals surface area contributed by atoms with Crippen molar-refractivity contribution in [3.8, 4) is 10.6 Å². The Bertz CT molecular complexity index is 562. The molecule has 2 aromatic heterocycles. The number of nitrogens with zero attached hydrogens (tertiary/aromatic N) is 3. The van der Waals surface area contributed by atoms with Crippen LogP contribution in [0, 0.1) is 0 Å². The Morgan fingerprint density at radius 2 is 2.10 bits per heavy atom. The number of aromatic nitrogens is 2. The summed E-state index contributed by atoms with van der Waals surface area (Å²) in [5, 5.41) is 6.92. The van der Waals surface area contributed by atoms with Crippen molar-refractivity contribution < 1.29 is 4.79 Å². The van der Waals surface area contributed by atoms with Gasteiger partial charge in [0, 0.05) is 31.7 Å². The third kappa shape index (κ3) is 3.26. The number of carbonyl (C=O) groups is 1. The first-order chi connectivity index (χ1) is 9.49. The van der Waals surface area contributed by atoms with Gasteiger partial charge in [0.2, 0.25) is 5.91 Å². The van der Waals surface area contributed by atoms with Crippen molar-refractivity contribution in [1.82, 2.24) is 20.0 Å². The molecule has 0 unspecified atom stereocenters. The van der Waals surface area contributed by atoms with Crippen molar-refractivity contribution in [3.63, 3.8) is 0 Å². The first-order valence-electron chi connectivity index (χ1n) is 6.49. The lowest BCUT2D eigenvalue weighted by molar-refractivity contribution is -0.133. The minimum absolute atomic E-state index is 0.122. The molecule has 5 nitrogen and oxygen atoms in total. The Labute approximate surface area is 123 Å². The van der Waals surface area contributed by atoms with Gasteiger partial charge in [0.15, 0.2) is 0 Å². The van der Waals surface area contributed by atoms with E-state index in [1.807, 2.05) is 20.0 Å². The van der Waals surface area contributed by atoms with Gasteiger partial charge >= 0.3 is 0 Å². The average molecular weight is 292 g/mol. The highest BCUT2D eigenvalue weighted by Gasteiger charge is 2.20. The number of hydrogen-bond donors (Lipinski definition) is 1. The van der Waals surface area contributed by atoms with Crippen molar-refractivity contribution in [3.05, 3.63) is 29.3 Å². The highest BCUT2D eigenvalue weighted by Crippen LogP contribution is 2.27. The highest BCUT2D eigenvalue weighted by molar-refractivity contribution is 7.15. The maximum Gasteiger partial charge on any atom is 0.239 e. The average Bonchev–Trinajstić information content (AvgIpc) is 3.06. The van der Waals surface area contributed by atoms with Crippen LogP contribution in [0.15, 0.2) is 24.4 Å². The van der Waals surface area contributed by atoms with Crippen LogP contribution in [0.5, 0.6) is 0 Å². The van der Waals surface area contributed by atoms with Crippen molar-refractivity contribution in [2.45, 2.75) is 19.5 Å². The minimum atomic E-state index is -0.122. The molecule has 2 aromatic rings. The fourth-order valence-electron chi connectivity index (χ4n) is 1.95. The second kappa shape index (κ2) is 6.19. The molecule has 20 heavy (non-hydrogen) atoms. The zero-order chi connectivity index (χ0) is 14.7. The Hall–Kier alpha value is -1.66. The Morgan fingerprint density at radius 3 is 2.70 bits per heavy atom. The van der Waals surface area contributed by atoms with Gasteiger partial charge in [0.25, 0.3) is 0 Å². The van der Waals surface area contributed by atoms with Gasteiger partial charge in [-0.1, -0.05) is 0 Å². The molecule has 0 saturated heterocycles. The van der Waals surface area contributed by atoms with Crippen LogP contribution in [-0.4, -0.2) is 53.1 Å². The summed E-state index contributed by atoms with van der Waals surface area (Å²) >= 11 is 1.72. The van der Waals surface area contributed by atoms with Gasteiger partial charge in [0.1, 0.15) is 0 Å². The minimum Gasteiger partial charge on any atom is -0.347 e.